The molecule has 6 atom stereocenters. The fourth-order valence-electron chi connectivity index (χ4n) is 9.28. The van der Waals surface area contributed by atoms with Gasteiger partial charge in [0.2, 0.25) is 29.4 Å². The van der Waals surface area contributed by atoms with Crippen molar-refractivity contribution in [1.82, 2.24) is 0 Å². The first-order valence-electron chi connectivity index (χ1n) is 17.2. The number of phenols is 1. The number of imide groups is 2. The third kappa shape index (κ3) is 5.03. The van der Waals surface area contributed by atoms with Crippen LogP contribution in [0.4, 0.5) is 11.4 Å². The molecule has 0 spiro atoms. The van der Waals surface area contributed by atoms with Gasteiger partial charge in [-0.25, -0.2) is 4.90 Å². The predicted molar refractivity (Wildman–Crippen MR) is 196 cm³/mol. The first kappa shape index (κ1) is 34.6. The zero-order valence-electron chi connectivity index (χ0n) is 28.7. The van der Waals surface area contributed by atoms with Crippen LogP contribution in [0.1, 0.15) is 29.9 Å². The van der Waals surface area contributed by atoms with E-state index < -0.39 is 65.8 Å². The SMILES string of the molecule is COc1cc(C2C3=CCC4C(=O)N(c5cccc(B(O)O)c5)C(=O)C4C3CC3C(=O)N(c4cccc(Cl)c4)C(=O)C32c2ccccc2)cc(OC)c1O. The lowest BCUT2D eigenvalue weighted by molar-refractivity contribution is -0.127. The molecule has 3 N–H and O–H groups in total. The standard InChI is InChI=1S/C40H34BClN2O9/c1-52-31-16-21(17-32(53-2)35(31)45)34-27-14-15-28-33(38(48)43(36(28)46)25-12-6-10-23(18-25)41(50)51)29(27)20-30-37(47)44(26-13-7-11-24(42)19-26)39(49)40(30,34)22-8-4-3-5-9-22/h3-14,16-19,28-30,33-34,45,50-51H,15,20H2,1-2H3. The topological polar surface area (TPSA) is 154 Å². The van der Waals surface area contributed by atoms with Gasteiger partial charge in [0.05, 0.1) is 48.8 Å². The van der Waals surface area contributed by atoms with Crippen LogP contribution < -0.4 is 24.7 Å². The molecule has 4 aromatic rings. The molecule has 0 aromatic heterocycles. The van der Waals surface area contributed by atoms with Gasteiger partial charge in [0, 0.05) is 10.9 Å². The summed E-state index contributed by atoms with van der Waals surface area (Å²) < 4.78 is 11.2. The van der Waals surface area contributed by atoms with Gasteiger partial charge in [0.25, 0.3) is 0 Å². The van der Waals surface area contributed by atoms with E-state index in [2.05, 4.69) is 0 Å². The minimum absolute atomic E-state index is 0.0780. The van der Waals surface area contributed by atoms with Crippen LogP contribution in [-0.4, -0.2) is 60.1 Å². The van der Waals surface area contributed by atoms with E-state index in [9.17, 15) is 29.5 Å². The molecule has 2 saturated heterocycles. The van der Waals surface area contributed by atoms with Crippen LogP contribution in [0, 0.1) is 23.7 Å². The highest BCUT2D eigenvalue weighted by atomic mass is 35.5. The molecular formula is C40H34BClN2O9. The maximum atomic E-state index is 15.4. The van der Waals surface area contributed by atoms with Crippen molar-refractivity contribution in [1.29, 1.82) is 0 Å². The Morgan fingerprint density at radius 1 is 0.774 bits per heavy atom. The summed E-state index contributed by atoms with van der Waals surface area (Å²) in [5, 5.41) is 31.0. The first-order valence-corrected chi connectivity index (χ1v) is 17.6. The lowest BCUT2D eigenvalue weighted by Crippen LogP contribution is -2.53. The fraction of sp³-hybridized carbons (Fsp3) is 0.250. The molecule has 2 aliphatic carbocycles. The van der Waals surface area contributed by atoms with Gasteiger partial charge in [0.1, 0.15) is 0 Å². The molecule has 3 fully saturated rings. The van der Waals surface area contributed by atoms with Crippen LogP contribution in [0.5, 0.6) is 17.2 Å². The number of rotatable bonds is 7. The normalized spacial score (nSPS) is 26.2. The number of allylic oxidation sites excluding steroid dienone is 2. The zero-order valence-corrected chi connectivity index (χ0v) is 29.4. The molecule has 268 valence electrons. The highest BCUT2D eigenvalue weighted by Gasteiger charge is 2.70. The Hall–Kier alpha value is -5.43. The molecule has 1 saturated carbocycles. The number of anilines is 2. The minimum Gasteiger partial charge on any atom is -0.502 e. The molecule has 4 aliphatic rings. The Bertz CT molecular complexity index is 2200. The van der Waals surface area contributed by atoms with Gasteiger partial charge in [-0.05, 0) is 77.8 Å². The van der Waals surface area contributed by atoms with Gasteiger partial charge < -0.3 is 24.6 Å². The number of ether oxygens (including phenoxy) is 2. The average molecular weight is 733 g/mol. The second kappa shape index (κ2) is 12.9. The number of amides is 4. The second-order valence-electron chi connectivity index (χ2n) is 13.8. The number of carbonyl (C=O) groups excluding carboxylic acids is 4. The van der Waals surface area contributed by atoms with Gasteiger partial charge in [-0.1, -0.05) is 71.8 Å². The molecule has 8 rings (SSSR count). The predicted octanol–water partition coefficient (Wildman–Crippen LogP) is 4.11. The third-order valence-corrected chi connectivity index (χ3v) is 11.7. The van der Waals surface area contributed by atoms with Crippen molar-refractivity contribution >= 4 is 59.2 Å². The summed E-state index contributed by atoms with van der Waals surface area (Å²) in [4.78, 5) is 61.4. The van der Waals surface area contributed by atoms with Crippen LogP contribution in [0.25, 0.3) is 0 Å². The number of carbonyl (C=O) groups is 4. The molecular weight excluding hydrogens is 699 g/mol. The largest absolute Gasteiger partial charge is 0.502 e. The number of methoxy groups -OCH3 is 2. The monoisotopic (exact) mass is 732 g/mol. The summed E-state index contributed by atoms with van der Waals surface area (Å²) in [6, 6.07) is 24.8. The molecule has 0 bridgehead atoms. The molecule has 11 nitrogen and oxygen atoms in total. The van der Waals surface area contributed by atoms with E-state index in [4.69, 9.17) is 21.1 Å². The van der Waals surface area contributed by atoms with E-state index in [0.717, 1.165) is 4.90 Å². The van der Waals surface area contributed by atoms with Gasteiger partial charge in [0.15, 0.2) is 11.5 Å². The van der Waals surface area contributed by atoms with Crippen molar-refractivity contribution in [2.24, 2.45) is 23.7 Å². The second-order valence-corrected chi connectivity index (χ2v) is 14.3. The summed E-state index contributed by atoms with van der Waals surface area (Å²) >= 11 is 6.40. The molecule has 4 aromatic carbocycles. The van der Waals surface area contributed by atoms with E-state index >= 15 is 4.79 Å². The lowest BCUT2D eigenvalue weighted by atomic mass is 9.49. The number of benzene rings is 4. The van der Waals surface area contributed by atoms with Gasteiger partial charge in [-0.15, -0.1) is 0 Å². The Kier molecular flexibility index (Phi) is 8.44. The molecule has 2 heterocycles. The van der Waals surface area contributed by atoms with E-state index in [1.165, 1.54) is 31.3 Å². The van der Waals surface area contributed by atoms with Gasteiger partial charge in [-0.2, -0.15) is 0 Å². The Morgan fingerprint density at radius 2 is 1.43 bits per heavy atom. The number of hydrogen-bond donors (Lipinski definition) is 3. The Balaban J connectivity index is 1.36. The van der Waals surface area contributed by atoms with Crippen molar-refractivity contribution in [2.45, 2.75) is 24.2 Å². The zero-order chi connectivity index (χ0) is 37.3. The smallest absolute Gasteiger partial charge is 0.488 e. The number of nitrogens with zero attached hydrogens (tertiary/aromatic N) is 2. The van der Waals surface area contributed by atoms with Crippen molar-refractivity contribution < 1.29 is 43.8 Å². The minimum atomic E-state index is -1.81. The lowest BCUT2D eigenvalue weighted by Gasteiger charge is -2.50. The van der Waals surface area contributed by atoms with Crippen molar-refractivity contribution in [3.8, 4) is 17.2 Å². The van der Waals surface area contributed by atoms with E-state index in [-0.39, 0.29) is 41.2 Å². The Labute approximate surface area is 310 Å². The van der Waals surface area contributed by atoms with Crippen LogP contribution in [0.3, 0.4) is 0 Å². The molecule has 6 unspecified atom stereocenters. The summed E-state index contributed by atoms with van der Waals surface area (Å²) in [5.41, 5.74) is 0.883. The number of halogens is 1. The molecule has 13 heteroatoms. The van der Waals surface area contributed by atoms with E-state index in [1.807, 2.05) is 36.4 Å². The van der Waals surface area contributed by atoms with Crippen molar-refractivity contribution in [2.75, 3.05) is 24.0 Å². The highest BCUT2D eigenvalue weighted by Crippen LogP contribution is 2.65. The molecule has 2 aliphatic heterocycles. The molecule has 4 amide bonds. The fourth-order valence-corrected chi connectivity index (χ4v) is 9.46. The van der Waals surface area contributed by atoms with Crippen LogP contribution in [0.15, 0.2) is 103 Å². The van der Waals surface area contributed by atoms with Gasteiger partial charge in [-0.3, -0.25) is 24.1 Å². The van der Waals surface area contributed by atoms with Gasteiger partial charge >= 0.3 is 7.12 Å². The number of hydrogen-bond acceptors (Lipinski definition) is 9. The summed E-state index contributed by atoms with van der Waals surface area (Å²) in [6.45, 7) is 0. The number of fused-ring (bicyclic) bond motifs is 4. The third-order valence-electron chi connectivity index (χ3n) is 11.4. The Morgan fingerprint density at radius 3 is 2.08 bits per heavy atom. The highest BCUT2D eigenvalue weighted by molar-refractivity contribution is 6.58. The van der Waals surface area contributed by atoms with Crippen LogP contribution >= 0.6 is 11.6 Å². The summed E-state index contributed by atoms with van der Waals surface area (Å²) in [6.07, 6.45) is 2.18. The number of aromatic hydroxyl groups is 1. The van der Waals surface area contributed by atoms with E-state index in [1.54, 1.807) is 48.5 Å². The maximum absolute atomic E-state index is 15.4. The summed E-state index contributed by atoms with van der Waals surface area (Å²) in [5.74, 6) is -6.12. The van der Waals surface area contributed by atoms with Crippen molar-refractivity contribution in [3.63, 3.8) is 0 Å². The first-order chi connectivity index (χ1) is 25.5. The molecule has 0 radical (unpaired) electrons. The van der Waals surface area contributed by atoms with Crippen LogP contribution in [0.2, 0.25) is 5.02 Å². The maximum Gasteiger partial charge on any atom is 0.488 e. The van der Waals surface area contributed by atoms with E-state index in [0.29, 0.717) is 27.4 Å². The number of phenolic OH excluding ortho intramolecular Hbond substituents is 1. The van der Waals surface area contributed by atoms with Crippen molar-refractivity contribution in [3.05, 3.63) is 119 Å². The summed E-state index contributed by atoms with van der Waals surface area (Å²) in [7, 11) is 0.988. The van der Waals surface area contributed by atoms with Crippen LogP contribution in [-0.2, 0) is 24.6 Å². The average Bonchev–Trinajstić information content (AvgIpc) is 3.56. The molecule has 53 heavy (non-hydrogen) atoms. The quantitative estimate of drug-likeness (QED) is 0.145.